The van der Waals surface area contributed by atoms with Gasteiger partial charge in [0.05, 0.1) is 19.8 Å². The molecular formula is C25H30N4O3. The topological polar surface area (TPSA) is 68.7 Å². The normalized spacial score (nSPS) is 16.1. The lowest BCUT2D eigenvalue weighted by Gasteiger charge is -2.32. The first-order chi connectivity index (χ1) is 15.7. The predicted molar refractivity (Wildman–Crippen MR) is 124 cm³/mol. The number of hydrogen-bond donors (Lipinski definition) is 1. The second kappa shape index (κ2) is 10.9. The zero-order valence-corrected chi connectivity index (χ0v) is 18.7. The lowest BCUT2D eigenvalue weighted by Crippen LogP contribution is -2.41. The molecule has 1 aliphatic heterocycles. The number of hydrogen-bond acceptors (Lipinski definition) is 7. The van der Waals surface area contributed by atoms with Gasteiger partial charge in [-0.1, -0.05) is 18.2 Å². The van der Waals surface area contributed by atoms with E-state index >= 15 is 0 Å². The van der Waals surface area contributed by atoms with E-state index in [0.717, 1.165) is 66.8 Å². The monoisotopic (exact) mass is 434 g/mol. The van der Waals surface area contributed by atoms with E-state index < -0.39 is 0 Å². The molecule has 1 unspecified atom stereocenters. The number of methoxy groups -OCH3 is 1. The average molecular weight is 435 g/mol. The molecule has 7 nitrogen and oxygen atoms in total. The molecule has 0 saturated carbocycles. The van der Waals surface area contributed by atoms with Crippen molar-refractivity contribution in [1.82, 2.24) is 15.3 Å². The highest BCUT2D eigenvalue weighted by molar-refractivity contribution is 5.43. The summed E-state index contributed by atoms with van der Waals surface area (Å²) in [6.07, 6.45) is 5.74. The van der Waals surface area contributed by atoms with Crippen LogP contribution in [0, 0.1) is 0 Å². The number of rotatable bonds is 9. The molecule has 0 radical (unpaired) electrons. The highest BCUT2D eigenvalue weighted by atomic mass is 16.5. The number of nitrogens with one attached hydrogen (secondary N) is 1. The highest BCUT2D eigenvalue weighted by Crippen LogP contribution is 2.29. The minimum Gasteiger partial charge on any atom is -0.493 e. The van der Waals surface area contributed by atoms with Crippen LogP contribution in [-0.4, -0.2) is 42.9 Å². The van der Waals surface area contributed by atoms with Crippen molar-refractivity contribution in [2.45, 2.75) is 32.7 Å². The Bertz CT molecular complexity index is 982. The largest absolute Gasteiger partial charge is 0.493 e. The summed E-state index contributed by atoms with van der Waals surface area (Å²) in [6.45, 7) is 6.52. The Kier molecular flexibility index (Phi) is 7.53. The van der Waals surface area contributed by atoms with Crippen molar-refractivity contribution in [2.75, 3.05) is 31.7 Å². The van der Waals surface area contributed by atoms with E-state index in [1.165, 1.54) is 0 Å². The van der Waals surface area contributed by atoms with Crippen molar-refractivity contribution >= 4 is 5.82 Å². The van der Waals surface area contributed by atoms with Crippen molar-refractivity contribution in [3.63, 3.8) is 0 Å². The van der Waals surface area contributed by atoms with E-state index in [0.29, 0.717) is 6.61 Å². The lowest BCUT2D eigenvalue weighted by atomic mass is 10.2. The molecule has 7 heteroatoms. The molecular weight excluding hydrogens is 404 g/mol. The molecule has 1 aromatic carbocycles. The molecule has 1 atom stereocenters. The summed E-state index contributed by atoms with van der Waals surface area (Å²) in [5, 5.41) is 3.48. The first-order valence-electron chi connectivity index (χ1n) is 10.9. The summed E-state index contributed by atoms with van der Waals surface area (Å²) in [7, 11) is 1.65. The zero-order chi connectivity index (χ0) is 22.2. The number of anilines is 1. The maximum atomic E-state index is 5.98. The highest BCUT2D eigenvalue weighted by Gasteiger charge is 2.17. The van der Waals surface area contributed by atoms with Gasteiger partial charge in [0.1, 0.15) is 12.4 Å². The van der Waals surface area contributed by atoms with E-state index in [1.807, 2.05) is 36.5 Å². The molecule has 168 valence electrons. The molecule has 1 saturated heterocycles. The van der Waals surface area contributed by atoms with Crippen LogP contribution in [0.1, 0.15) is 23.6 Å². The van der Waals surface area contributed by atoms with Crippen LogP contribution < -0.4 is 19.7 Å². The minimum atomic E-state index is 0.245. The van der Waals surface area contributed by atoms with Gasteiger partial charge >= 0.3 is 0 Å². The quantitative estimate of drug-likeness (QED) is 0.552. The molecule has 2 aromatic heterocycles. The molecule has 0 bridgehead atoms. The van der Waals surface area contributed by atoms with Crippen molar-refractivity contribution in [3.8, 4) is 11.5 Å². The molecule has 1 aliphatic rings. The zero-order valence-electron chi connectivity index (χ0n) is 18.7. The lowest BCUT2D eigenvalue weighted by molar-refractivity contribution is 0.0529. The van der Waals surface area contributed by atoms with E-state index in [4.69, 9.17) is 14.2 Å². The molecule has 0 amide bonds. The van der Waals surface area contributed by atoms with Gasteiger partial charge in [-0.15, -0.1) is 0 Å². The van der Waals surface area contributed by atoms with Crippen molar-refractivity contribution in [1.29, 1.82) is 0 Å². The van der Waals surface area contributed by atoms with Crippen LogP contribution in [-0.2, 0) is 24.4 Å². The predicted octanol–water partition coefficient (Wildman–Crippen LogP) is 3.58. The molecule has 4 rings (SSSR count). The molecule has 1 fully saturated rings. The SMILES string of the molecule is COc1ccc(CNCc2ccc(N3CCOC(C)C3)nc2)cc1OCc1cccnc1. The molecule has 3 heterocycles. The Balaban J connectivity index is 1.30. The minimum absolute atomic E-state index is 0.245. The van der Waals surface area contributed by atoms with E-state index in [1.54, 1.807) is 19.5 Å². The fraction of sp³-hybridized carbons (Fsp3) is 0.360. The van der Waals surface area contributed by atoms with E-state index in [9.17, 15) is 0 Å². The third-order valence-corrected chi connectivity index (χ3v) is 5.38. The smallest absolute Gasteiger partial charge is 0.161 e. The third kappa shape index (κ3) is 5.96. The van der Waals surface area contributed by atoms with Crippen molar-refractivity contribution < 1.29 is 14.2 Å². The summed E-state index contributed by atoms with van der Waals surface area (Å²) in [4.78, 5) is 11.0. The number of ether oxygens (including phenoxy) is 3. The van der Waals surface area contributed by atoms with E-state index in [-0.39, 0.29) is 6.10 Å². The summed E-state index contributed by atoms with van der Waals surface area (Å²) < 4.78 is 17.0. The second-order valence-electron chi connectivity index (χ2n) is 7.89. The van der Waals surface area contributed by atoms with Gasteiger partial charge in [-0.2, -0.15) is 0 Å². The number of pyridine rings is 2. The number of benzene rings is 1. The van der Waals surface area contributed by atoms with Gasteiger partial charge in [0.2, 0.25) is 0 Å². The first kappa shape index (κ1) is 22.0. The van der Waals surface area contributed by atoms with Gasteiger partial charge in [0.25, 0.3) is 0 Å². The molecule has 1 N–H and O–H groups in total. The Labute approximate surface area is 189 Å². The molecule has 0 aliphatic carbocycles. The van der Waals surface area contributed by atoms with Gasteiger partial charge in [-0.3, -0.25) is 4.98 Å². The van der Waals surface area contributed by atoms with Crippen LogP contribution in [0.3, 0.4) is 0 Å². The van der Waals surface area contributed by atoms with Gasteiger partial charge in [0.15, 0.2) is 11.5 Å². The van der Waals surface area contributed by atoms with Crippen LogP contribution in [0.25, 0.3) is 0 Å². The van der Waals surface area contributed by atoms with Crippen LogP contribution >= 0.6 is 0 Å². The van der Waals surface area contributed by atoms with Gasteiger partial charge in [0, 0.05) is 50.3 Å². The summed E-state index contributed by atoms with van der Waals surface area (Å²) >= 11 is 0. The fourth-order valence-corrected chi connectivity index (χ4v) is 3.67. The Morgan fingerprint density at radius 3 is 2.69 bits per heavy atom. The van der Waals surface area contributed by atoms with Crippen LogP contribution in [0.2, 0.25) is 0 Å². The van der Waals surface area contributed by atoms with Gasteiger partial charge in [-0.25, -0.2) is 4.98 Å². The molecule has 0 spiro atoms. The Morgan fingerprint density at radius 1 is 1.06 bits per heavy atom. The first-order valence-corrected chi connectivity index (χ1v) is 10.9. The Hall–Kier alpha value is -3.16. The third-order valence-electron chi connectivity index (χ3n) is 5.38. The number of nitrogens with zero attached hydrogens (tertiary/aromatic N) is 3. The standard InChI is InChI=1S/C25H30N4O3/c1-19-17-29(10-11-31-19)25-8-6-21(16-28-25)14-27-13-20-5-7-23(30-2)24(12-20)32-18-22-4-3-9-26-15-22/h3-9,12,15-16,19,27H,10-11,13-14,17-18H2,1-2H3. The summed E-state index contributed by atoms with van der Waals surface area (Å²) in [6, 6.07) is 14.1. The van der Waals surface area contributed by atoms with Crippen LogP contribution in [0.15, 0.2) is 61.1 Å². The number of morpholine rings is 1. The maximum Gasteiger partial charge on any atom is 0.161 e. The molecule has 32 heavy (non-hydrogen) atoms. The maximum absolute atomic E-state index is 5.98. The van der Waals surface area contributed by atoms with Crippen LogP contribution in [0.5, 0.6) is 11.5 Å². The van der Waals surface area contributed by atoms with Crippen molar-refractivity contribution in [2.24, 2.45) is 0 Å². The van der Waals surface area contributed by atoms with E-state index in [2.05, 4.69) is 39.2 Å². The number of aromatic nitrogens is 2. The van der Waals surface area contributed by atoms with Gasteiger partial charge in [-0.05, 0) is 42.3 Å². The average Bonchev–Trinajstić information content (AvgIpc) is 2.84. The summed E-state index contributed by atoms with van der Waals surface area (Å²) in [5.74, 6) is 2.45. The van der Waals surface area contributed by atoms with Crippen molar-refractivity contribution in [3.05, 3.63) is 77.7 Å². The fourth-order valence-electron chi connectivity index (χ4n) is 3.67. The van der Waals surface area contributed by atoms with Gasteiger partial charge < -0.3 is 24.4 Å². The second-order valence-corrected chi connectivity index (χ2v) is 7.89. The van der Waals surface area contributed by atoms with Crippen LogP contribution in [0.4, 0.5) is 5.82 Å². The molecule has 3 aromatic rings. The Morgan fingerprint density at radius 2 is 1.94 bits per heavy atom. The summed E-state index contributed by atoms with van der Waals surface area (Å²) in [5.41, 5.74) is 3.29.